The fourth-order valence-corrected chi connectivity index (χ4v) is 5.22. The van der Waals surface area contributed by atoms with E-state index in [-0.39, 0.29) is 6.04 Å². The molecule has 1 N–H and O–H groups in total. The van der Waals surface area contributed by atoms with Crippen LogP contribution in [-0.4, -0.2) is 60.9 Å². The average molecular weight is 356 g/mol. The molecule has 2 saturated heterocycles. The highest BCUT2D eigenvalue weighted by molar-refractivity contribution is 7.89. The molecular formula is C16H21FN2O4S. The Morgan fingerprint density at radius 1 is 1.25 bits per heavy atom. The highest BCUT2D eigenvalue weighted by Crippen LogP contribution is 2.29. The molecule has 0 amide bonds. The van der Waals surface area contributed by atoms with Crippen LogP contribution in [-0.2, 0) is 10.0 Å². The van der Waals surface area contributed by atoms with Crippen molar-refractivity contribution in [3.05, 3.63) is 29.1 Å². The van der Waals surface area contributed by atoms with Crippen LogP contribution in [0.15, 0.2) is 17.0 Å². The highest BCUT2D eigenvalue weighted by atomic mass is 32.2. The van der Waals surface area contributed by atoms with Gasteiger partial charge >= 0.3 is 5.97 Å². The Morgan fingerprint density at radius 2 is 1.92 bits per heavy atom. The fourth-order valence-electron chi connectivity index (χ4n) is 3.55. The van der Waals surface area contributed by atoms with Crippen molar-refractivity contribution in [1.29, 1.82) is 0 Å². The molecule has 2 heterocycles. The molecule has 2 aliphatic rings. The van der Waals surface area contributed by atoms with Gasteiger partial charge in [-0.1, -0.05) is 0 Å². The highest BCUT2D eigenvalue weighted by Gasteiger charge is 2.38. The van der Waals surface area contributed by atoms with Crippen molar-refractivity contribution in [1.82, 2.24) is 9.21 Å². The molecule has 0 radical (unpaired) electrons. The van der Waals surface area contributed by atoms with Gasteiger partial charge in [-0.15, -0.1) is 0 Å². The first-order valence-electron chi connectivity index (χ1n) is 8.08. The molecule has 0 bridgehead atoms. The number of likely N-dealkylation sites (tertiary alicyclic amines) is 1. The predicted octanol–water partition coefficient (Wildman–Crippen LogP) is 1.69. The topological polar surface area (TPSA) is 77.9 Å². The number of rotatable bonds is 4. The lowest BCUT2D eigenvalue weighted by Crippen LogP contribution is -2.37. The van der Waals surface area contributed by atoms with Crippen LogP contribution >= 0.6 is 0 Å². The first kappa shape index (κ1) is 17.3. The Morgan fingerprint density at radius 3 is 2.54 bits per heavy atom. The molecule has 0 spiro atoms. The second-order valence-corrected chi connectivity index (χ2v) is 8.38. The molecule has 0 saturated carbocycles. The zero-order valence-electron chi connectivity index (χ0n) is 13.5. The number of nitrogens with zero attached hydrogens (tertiary/aromatic N) is 2. The van der Waals surface area contributed by atoms with Crippen LogP contribution in [0.3, 0.4) is 0 Å². The van der Waals surface area contributed by atoms with E-state index in [0.29, 0.717) is 18.7 Å². The Hall–Kier alpha value is -1.51. The van der Waals surface area contributed by atoms with Gasteiger partial charge in [0, 0.05) is 19.1 Å². The third-order valence-electron chi connectivity index (χ3n) is 4.81. The minimum absolute atomic E-state index is 0.161. The normalized spacial score (nSPS) is 23.0. The number of benzene rings is 1. The first-order chi connectivity index (χ1) is 11.3. The van der Waals surface area contributed by atoms with Crippen LogP contribution in [0.2, 0.25) is 0 Å². The molecular weight excluding hydrogens is 335 g/mol. The van der Waals surface area contributed by atoms with Crippen LogP contribution in [0.4, 0.5) is 4.39 Å². The lowest BCUT2D eigenvalue weighted by Gasteiger charge is -2.23. The summed E-state index contributed by atoms with van der Waals surface area (Å²) in [5.74, 6) is -2.65. The summed E-state index contributed by atoms with van der Waals surface area (Å²) in [5, 5.41) is 9.08. The van der Waals surface area contributed by atoms with Crippen molar-refractivity contribution in [2.24, 2.45) is 0 Å². The minimum Gasteiger partial charge on any atom is -0.478 e. The number of carboxylic acid groups (broad SMARTS) is 1. The fraction of sp³-hybridized carbons (Fsp3) is 0.562. The zero-order valence-corrected chi connectivity index (χ0v) is 14.4. The molecule has 6 nitrogen and oxygen atoms in total. The van der Waals surface area contributed by atoms with Gasteiger partial charge in [0.05, 0.1) is 5.56 Å². The van der Waals surface area contributed by atoms with Crippen molar-refractivity contribution in [3.63, 3.8) is 0 Å². The van der Waals surface area contributed by atoms with Crippen LogP contribution in [0.1, 0.15) is 35.2 Å². The first-order valence-corrected chi connectivity index (χ1v) is 9.52. The van der Waals surface area contributed by atoms with Gasteiger partial charge in [0.2, 0.25) is 10.0 Å². The van der Waals surface area contributed by atoms with Crippen LogP contribution in [0.25, 0.3) is 0 Å². The maximum atomic E-state index is 14.5. The van der Waals surface area contributed by atoms with Gasteiger partial charge in [0.15, 0.2) is 5.82 Å². The molecule has 2 aliphatic heterocycles. The zero-order chi connectivity index (χ0) is 17.5. The summed E-state index contributed by atoms with van der Waals surface area (Å²) in [7, 11) is -4.04. The number of halogens is 1. The number of hydrogen-bond acceptors (Lipinski definition) is 4. The van der Waals surface area contributed by atoms with E-state index in [1.165, 1.54) is 10.4 Å². The van der Waals surface area contributed by atoms with Crippen LogP contribution in [0.5, 0.6) is 0 Å². The quantitative estimate of drug-likeness (QED) is 0.888. The maximum absolute atomic E-state index is 14.5. The molecule has 1 atom stereocenters. The van der Waals surface area contributed by atoms with E-state index in [1.54, 1.807) is 6.92 Å². The third-order valence-corrected chi connectivity index (χ3v) is 6.68. The molecule has 3 rings (SSSR count). The summed E-state index contributed by atoms with van der Waals surface area (Å²) in [4.78, 5) is 12.9. The molecule has 0 aromatic heterocycles. The molecule has 132 valence electrons. The molecule has 1 unspecified atom stereocenters. The van der Waals surface area contributed by atoms with E-state index in [9.17, 15) is 17.6 Å². The molecule has 1 aromatic carbocycles. The molecule has 0 aliphatic carbocycles. The number of sulfonamides is 1. The van der Waals surface area contributed by atoms with E-state index in [1.807, 2.05) is 0 Å². The second-order valence-electron chi connectivity index (χ2n) is 6.48. The number of hydrogen-bond donors (Lipinski definition) is 1. The Kier molecular flexibility index (Phi) is 4.63. The summed E-state index contributed by atoms with van der Waals surface area (Å²) >= 11 is 0. The summed E-state index contributed by atoms with van der Waals surface area (Å²) < 4.78 is 41.4. The van der Waals surface area contributed by atoms with Gasteiger partial charge in [-0.25, -0.2) is 17.6 Å². The maximum Gasteiger partial charge on any atom is 0.338 e. The van der Waals surface area contributed by atoms with Crippen molar-refractivity contribution >= 4 is 16.0 Å². The van der Waals surface area contributed by atoms with Crippen molar-refractivity contribution in [3.8, 4) is 0 Å². The standard InChI is InChI=1S/C16H21FN2O4S/c1-11-8-13(16(20)21)15(17)14(9-11)24(22,23)19-7-4-12(10-19)18-5-2-3-6-18/h8-9,12H,2-7,10H2,1H3,(H,20,21). The van der Waals surface area contributed by atoms with Gasteiger partial charge < -0.3 is 5.11 Å². The van der Waals surface area contributed by atoms with Gasteiger partial charge in [0.1, 0.15) is 4.90 Å². The lowest BCUT2D eigenvalue weighted by atomic mass is 10.1. The van der Waals surface area contributed by atoms with E-state index in [2.05, 4.69) is 4.90 Å². The number of aromatic carboxylic acids is 1. The van der Waals surface area contributed by atoms with E-state index in [4.69, 9.17) is 5.11 Å². The monoisotopic (exact) mass is 356 g/mol. The van der Waals surface area contributed by atoms with Gasteiger partial charge in [-0.2, -0.15) is 4.31 Å². The smallest absolute Gasteiger partial charge is 0.338 e. The SMILES string of the molecule is Cc1cc(C(=O)O)c(F)c(S(=O)(=O)N2CCC(N3CCCC3)C2)c1. The Balaban J connectivity index is 1.90. The molecule has 24 heavy (non-hydrogen) atoms. The summed E-state index contributed by atoms with van der Waals surface area (Å²) in [6, 6.07) is 2.52. The third kappa shape index (κ3) is 3.05. The molecule has 1 aromatic rings. The summed E-state index contributed by atoms with van der Waals surface area (Å²) in [6.07, 6.45) is 2.97. The predicted molar refractivity (Wildman–Crippen MR) is 86.1 cm³/mol. The van der Waals surface area contributed by atoms with Crippen molar-refractivity contribution < 1.29 is 22.7 Å². The Labute approximate surface area is 140 Å². The summed E-state index contributed by atoms with van der Waals surface area (Å²) in [5.41, 5.74) is -0.202. The van der Waals surface area contributed by atoms with E-state index < -0.39 is 32.3 Å². The van der Waals surface area contributed by atoms with Crippen molar-refractivity contribution in [2.45, 2.75) is 37.1 Å². The Bertz CT molecular complexity index is 760. The van der Waals surface area contributed by atoms with Crippen LogP contribution in [0, 0.1) is 12.7 Å². The number of carbonyl (C=O) groups is 1. The van der Waals surface area contributed by atoms with E-state index in [0.717, 1.165) is 38.4 Å². The van der Waals surface area contributed by atoms with Crippen LogP contribution < -0.4 is 0 Å². The largest absolute Gasteiger partial charge is 0.478 e. The number of carboxylic acids is 1. The minimum atomic E-state index is -4.04. The second kappa shape index (κ2) is 6.42. The van der Waals surface area contributed by atoms with Gasteiger partial charge in [-0.05, 0) is 57.0 Å². The lowest BCUT2D eigenvalue weighted by molar-refractivity contribution is 0.0691. The average Bonchev–Trinajstić information content (AvgIpc) is 3.19. The molecule has 8 heteroatoms. The van der Waals surface area contributed by atoms with E-state index >= 15 is 0 Å². The molecule has 2 fully saturated rings. The number of aryl methyl sites for hydroxylation is 1. The van der Waals surface area contributed by atoms with Gasteiger partial charge in [0.25, 0.3) is 0 Å². The van der Waals surface area contributed by atoms with Gasteiger partial charge in [-0.3, -0.25) is 4.90 Å². The summed E-state index contributed by atoms with van der Waals surface area (Å²) in [6.45, 7) is 4.17. The van der Waals surface area contributed by atoms with Crippen molar-refractivity contribution in [2.75, 3.05) is 26.2 Å².